The lowest BCUT2D eigenvalue weighted by atomic mass is 10.4. The van der Waals surface area contributed by atoms with Gasteiger partial charge in [-0.2, -0.15) is 0 Å². The zero-order valence-corrected chi connectivity index (χ0v) is 30.6. The van der Waals surface area contributed by atoms with Gasteiger partial charge in [0.2, 0.25) is 19.7 Å². The van der Waals surface area contributed by atoms with Crippen LogP contribution in [-0.4, -0.2) is 52.6 Å². The van der Waals surface area contributed by atoms with Crippen molar-refractivity contribution in [2.45, 2.75) is 54.8 Å². The summed E-state index contributed by atoms with van der Waals surface area (Å²) in [7, 11) is -14.3. The van der Waals surface area contributed by atoms with Crippen molar-refractivity contribution >= 4 is 74.4 Å². The van der Waals surface area contributed by atoms with Crippen molar-refractivity contribution in [1.82, 2.24) is 0 Å². The zero-order valence-electron chi connectivity index (χ0n) is 24.9. The van der Waals surface area contributed by atoms with E-state index in [1.807, 2.05) is 6.92 Å². The van der Waals surface area contributed by atoms with Crippen LogP contribution in [0.4, 0.5) is 0 Å². The Hall–Kier alpha value is -2.41. The van der Waals surface area contributed by atoms with Crippen molar-refractivity contribution in [2.75, 3.05) is 19.0 Å². The molecule has 4 aromatic rings. The Kier molecular flexibility index (Phi) is 14.4. The van der Waals surface area contributed by atoms with E-state index in [4.69, 9.17) is 10.5 Å². The van der Waals surface area contributed by atoms with Crippen LogP contribution >= 0.6 is 35.1 Å². The molecule has 10 nitrogen and oxygen atoms in total. The Morgan fingerprint density at radius 2 is 1.11 bits per heavy atom. The number of rotatable bonds is 13. The first kappa shape index (κ1) is 39.8. The van der Waals surface area contributed by atoms with E-state index in [-0.39, 0.29) is 59.3 Å². The number of thiophene rings is 2. The summed E-state index contributed by atoms with van der Waals surface area (Å²) in [5.74, 6) is -0.141. The number of sulfone groups is 4. The molecule has 0 fully saturated rings. The van der Waals surface area contributed by atoms with Gasteiger partial charge in [0.1, 0.15) is 8.42 Å². The maximum atomic E-state index is 12.5. The minimum atomic E-state index is -3.67. The molecule has 0 unspecified atom stereocenters. The molecule has 17 heteroatoms. The topological polar surface area (TPSA) is 172 Å². The summed E-state index contributed by atoms with van der Waals surface area (Å²) in [6.07, 6.45) is 0.775. The number of ether oxygens (including phenoxy) is 1. The first-order chi connectivity index (χ1) is 21.1. The van der Waals surface area contributed by atoms with E-state index in [1.54, 1.807) is 25.1 Å². The smallest absolute Gasteiger partial charge is 0.215 e. The van der Waals surface area contributed by atoms with Gasteiger partial charge in [0, 0.05) is 28.3 Å². The standard InChI is InChI=1S/C15H19NO5S3.C14H14O4S3.ClH/c1-2-21-9-10-23(17,18)13-4-6-14(7-5-13)24(19,20)15-8-3-12(11-16)22-15;1-3-11-5-10-14(19-11)21(17,18)13-8-6-12(7-9-13)20(15,16)4-2;/h3-8H,2,9-11,16H2,1H3;4-10H,2-3H2,1H3;1H. The van der Waals surface area contributed by atoms with Gasteiger partial charge in [-0.1, -0.05) is 13.5 Å². The van der Waals surface area contributed by atoms with Gasteiger partial charge >= 0.3 is 0 Å². The highest BCUT2D eigenvalue weighted by Crippen LogP contribution is 2.30. The monoisotopic (exact) mass is 767 g/mol. The molecule has 4 rings (SSSR count). The minimum Gasteiger partial charge on any atom is -0.381 e. The van der Waals surface area contributed by atoms with Gasteiger partial charge < -0.3 is 10.5 Å². The van der Waals surface area contributed by atoms with Gasteiger partial charge in [-0.05, 0) is 86.1 Å². The van der Waals surface area contributed by atoms with E-state index in [1.165, 1.54) is 65.9 Å². The summed E-state index contributed by atoms with van der Waals surface area (Å²) in [6, 6.07) is 16.9. The van der Waals surface area contributed by atoms with Gasteiger partial charge in [-0.3, -0.25) is 0 Å². The Morgan fingerprint density at radius 3 is 1.50 bits per heavy atom. The van der Waals surface area contributed by atoms with Crippen LogP contribution in [0.5, 0.6) is 0 Å². The molecule has 2 heterocycles. The highest BCUT2D eigenvalue weighted by Gasteiger charge is 2.22. The summed E-state index contributed by atoms with van der Waals surface area (Å²) in [6.45, 7) is 7.80. The lowest BCUT2D eigenvalue weighted by molar-refractivity contribution is 0.163. The highest BCUT2D eigenvalue weighted by molar-refractivity contribution is 7.94. The number of hydrogen-bond acceptors (Lipinski definition) is 12. The maximum Gasteiger partial charge on any atom is 0.215 e. The largest absolute Gasteiger partial charge is 0.381 e. The van der Waals surface area contributed by atoms with Gasteiger partial charge in [0.05, 0.1) is 31.9 Å². The summed E-state index contributed by atoms with van der Waals surface area (Å²) >= 11 is 2.34. The van der Waals surface area contributed by atoms with Crippen LogP contribution in [0.1, 0.15) is 23.6 Å². The lowest BCUT2D eigenvalue weighted by Gasteiger charge is -2.06. The van der Waals surface area contributed by atoms with Crippen LogP contribution < -0.4 is 5.73 Å². The Balaban J connectivity index is 0.000000316. The van der Waals surface area contributed by atoms with E-state index < -0.39 is 39.3 Å². The second-order valence-electron chi connectivity index (χ2n) is 9.18. The molecule has 0 spiro atoms. The normalized spacial score (nSPS) is 12.1. The summed E-state index contributed by atoms with van der Waals surface area (Å²) in [5, 5.41) is 0.837. The van der Waals surface area contributed by atoms with E-state index in [0.29, 0.717) is 6.61 Å². The van der Waals surface area contributed by atoms with Crippen molar-refractivity contribution in [3.05, 3.63) is 94.5 Å². The predicted molar refractivity (Wildman–Crippen MR) is 183 cm³/mol. The lowest BCUT2D eigenvalue weighted by Crippen LogP contribution is -2.12. The van der Waals surface area contributed by atoms with Gasteiger partial charge in [0.25, 0.3) is 0 Å². The zero-order chi connectivity index (χ0) is 33.5. The van der Waals surface area contributed by atoms with E-state index in [0.717, 1.165) is 32.9 Å². The second kappa shape index (κ2) is 16.6. The van der Waals surface area contributed by atoms with E-state index >= 15 is 0 Å². The fourth-order valence-corrected chi connectivity index (χ4v) is 10.9. The van der Waals surface area contributed by atoms with Crippen molar-refractivity contribution in [3.63, 3.8) is 0 Å². The molecule has 2 aromatic carbocycles. The van der Waals surface area contributed by atoms with Crippen LogP contribution in [-0.2, 0) is 57.1 Å². The van der Waals surface area contributed by atoms with Crippen LogP contribution in [0, 0.1) is 0 Å². The average molecular weight is 768 g/mol. The van der Waals surface area contributed by atoms with Crippen molar-refractivity contribution in [2.24, 2.45) is 5.73 Å². The van der Waals surface area contributed by atoms with Gasteiger partial charge in [-0.25, -0.2) is 33.7 Å². The summed E-state index contributed by atoms with van der Waals surface area (Å²) in [4.78, 5) is 1.99. The third-order valence-corrected chi connectivity index (χ3v) is 16.2. The molecule has 0 saturated heterocycles. The van der Waals surface area contributed by atoms with Crippen molar-refractivity contribution in [1.29, 1.82) is 0 Å². The first-order valence-electron chi connectivity index (χ1n) is 13.4. The number of hydrogen-bond donors (Lipinski definition) is 1. The van der Waals surface area contributed by atoms with E-state index in [9.17, 15) is 33.7 Å². The molecule has 0 saturated carbocycles. The number of halogens is 1. The Bertz CT molecular complexity index is 2050. The molecule has 252 valence electrons. The Morgan fingerprint density at radius 1 is 0.674 bits per heavy atom. The molecular weight excluding hydrogens is 734 g/mol. The molecule has 46 heavy (non-hydrogen) atoms. The molecule has 0 aliphatic heterocycles. The predicted octanol–water partition coefficient (Wildman–Crippen LogP) is 5.33. The molecule has 0 radical (unpaired) electrons. The number of nitrogens with two attached hydrogens (primary N) is 1. The molecule has 0 atom stereocenters. The third-order valence-electron chi connectivity index (χ3n) is 6.23. The number of benzene rings is 2. The van der Waals surface area contributed by atoms with Gasteiger partial charge in [-0.15, -0.1) is 35.1 Å². The van der Waals surface area contributed by atoms with E-state index in [2.05, 4.69) is 6.58 Å². The van der Waals surface area contributed by atoms with Crippen LogP contribution in [0.3, 0.4) is 0 Å². The number of aryl methyl sites for hydroxylation is 1. The maximum absolute atomic E-state index is 12.5. The van der Waals surface area contributed by atoms with Crippen molar-refractivity contribution in [3.8, 4) is 0 Å². The minimum absolute atomic E-state index is 0. The summed E-state index contributed by atoms with van der Waals surface area (Å²) in [5.41, 5.74) is 5.50. The Labute approximate surface area is 285 Å². The molecule has 0 aliphatic rings. The molecular formula is C29H34ClNO9S6. The third kappa shape index (κ3) is 9.58. The van der Waals surface area contributed by atoms with Crippen molar-refractivity contribution < 1.29 is 38.4 Å². The molecule has 0 bridgehead atoms. The fraction of sp³-hybridized carbons (Fsp3) is 0.241. The molecule has 0 amide bonds. The van der Waals surface area contributed by atoms with Crippen LogP contribution in [0.25, 0.3) is 0 Å². The molecule has 2 aromatic heterocycles. The quantitative estimate of drug-likeness (QED) is 0.175. The van der Waals surface area contributed by atoms with Crippen LogP contribution in [0.2, 0.25) is 0 Å². The second-order valence-corrected chi connectivity index (χ2v) is 19.9. The summed E-state index contributed by atoms with van der Waals surface area (Å²) < 4.78 is 103. The fourth-order valence-electron chi connectivity index (χ4n) is 3.70. The van der Waals surface area contributed by atoms with Gasteiger partial charge in [0.15, 0.2) is 19.7 Å². The average Bonchev–Trinajstić information content (AvgIpc) is 3.73. The SMILES string of the molecule is C=CS(=O)(=O)c1ccc(S(=O)(=O)c2ccc(CC)s2)cc1.CCOCCS(=O)(=O)c1ccc(S(=O)(=O)c2ccc(CN)s2)cc1.Cl. The molecule has 0 aliphatic carbocycles. The first-order valence-corrected chi connectivity index (χ1v) is 21.2. The molecule has 2 N–H and O–H groups in total. The van der Waals surface area contributed by atoms with Crippen LogP contribution in [0.15, 0.2) is 113 Å². The highest BCUT2D eigenvalue weighted by atomic mass is 35.5.